The van der Waals surface area contributed by atoms with Gasteiger partial charge in [-0.3, -0.25) is 4.98 Å². The van der Waals surface area contributed by atoms with E-state index >= 15 is 0 Å². The predicted octanol–water partition coefficient (Wildman–Crippen LogP) is 6.13. The second-order valence-electron chi connectivity index (χ2n) is 6.94. The maximum atomic E-state index is 6.50. The van der Waals surface area contributed by atoms with E-state index in [1.807, 2.05) is 24.3 Å². The summed E-state index contributed by atoms with van der Waals surface area (Å²) in [6.45, 7) is 0.712. The second-order valence-corrected chi connectivity index (χ2v) is 8.40. The molecule has 0 aliphatic heterocycles. The maximum absolute atomic E-state index is 6.50. The lowest BCUT2D eigenvalue weighted by Gasteiger charge is -2.12. The summed E-state index contributed by atoms with van der Waals surface area (Å²) in [4.78, 5) is 13.7. The van der Waals surface area contributed by atoms with Gasteiger partial charge in [-0.1, -0.05) is 30.5 Å². The first-order valence-corrected chi connectivity index (χ1v) is 10.4. The zero-order chi connectivity index (χ0) is 18.2. The van der Waals surface area contributed by atoms with E-state index in [4.69, 9.17) is 26.3 Å². The van der Waals surface area contributed by atoms with E-state index in [1.54, 1.807) is 23.7 Å². The van der Waals surface area contributed by atoms with E-state index in [0.717, 1.165) is 25.9 Å². The van der Waals surface area contributed by atoms with Gasteiger partial charge in [-0.15, -0.1) is 11.3 Å². The zero-order valence-corrected chi connectivity index (χ0v) is 16.3. The van der Waals surface area contributed by atoms with Crippen LogP contribution in [0.15, 0.2) is 42.7 Å². The molecule has 3 heterocycles. The molecule has 4 aromatic rings. The van der Waals surface area contributed by atoms with Gasteiger partial charge in [-0.2, -0.15) is 4.98 Å². The van der Waals surface area contributed by atoms with Gasteiger partial charge in [0.15, 0.2) is 5.82 Å². The molecule has 0 amide bonds. The van der Waals surface area contributed by atoms with Crippen LogP contribution in [0.2, 0.25) is 5.02 Å². The van der Waals surface area contributed by atoms with Crippen LogP contribution < -0.4 is 4.74 Å². The van der Waals surface area contributed by atoms with Crippen molar-refractivity contribution in [3.05, 3.63) is 47.7 Å². The Hall–Kier alpha value is -2.24. The zero-order valence-electron chi connectivity index (χ0n) is 14.7. The van der Waals surface area contributed by atoms with Gasteiger partial charge in [0.25, 0.3) is 0 Å². The lowest BCUT2D eigenvalue weighted by atomic mass is 10.1. The number of nitrogens with zero attached hydrogens (tertiary/aromatic N) is 3. The molecule has 0 unspecified atom stereocenters. The number of rotatable bonds is 4. The molecule has 0 atom stereocenters. The molecule has 1 aliphatic rings. The molecule has 3 aromatic heterocycles. The largest absolute Gasteiger partial charge is 0.476 e. The van der Waals surface area contributed by atoms with Crippen LogP contribution in [-0.2, 0) is 0 Å². The summed E-state index contributed by atoms with van der Waals surface area (Å²) >= 11 is 8.15. The van der Waals surface area contributed by atoms with Crippen LogP contribution >= 0.6 is 22.9 Å². The average molecular weight is 396 g/mol. The van der Waals surface area contributed by atoms with Crippen LogP contribution in [0.4, 0.5) is 0 Å². The number of aromatic nitrogens is 3. The van der Waals surface area contributed by atoms with Crippen LogP contribution in [0, 0.1) is 5.92 Å². The number of hydrogen-bond acceptors (Lipinski definition) is 5. The van der Waals surface area contributed by atoms with Crippen LogP contribution in [0.1, 0.15) is 25.7 Å². The maximum Gasteiger partial charge on any atom is 0.235 e. The van der Waals surface area contributed by atoms with Crippen LogP contribution in [0.25, 0.3) is 31.7 Å². The van der Waals surface area contributed by atoms with Crippen molar-refractivity contribution in [1.82, 2.24) is 15.0 Å². The van der Waals surface area contributed by atoms with E-state index < -0.39 is 0 Å². The minimum atomic E-state index is 0.623. The van der Waals surface area contributed by atoms with Gasteiger partial charge in [0.1, 0.15) is 4.70 Å². The molecule has 1 aliphatic carbocycles. The molecular formula is C21H18ClN3OS. The normalized spacial score (nSPS) is 15.0. The number of fused-ring (bicyclic) bond motifs is 3. The summed E-state index contributed by atoms with van der Waals surface area (Å²) in [7, 11) is 0. The highest BCUT2D eigenvalue weighted by molar-refractivity contribution is 7.26. The van der Waals surface area contributed by atoms with Gasteiger partial charge in [0.05, 0.1) is 17.1 Å². The highest BCUT2D eigenvalue weighted by Crippen LogP contribution is 2.41. The highest BCUT2D eigenvalue weighted by atomic mass is 35.5. The van der Waals surface area contributed by atoms with Gasteiger partial charge in [0, 0.05) is 28.0 Å². The Morgan fingerprint density at radius 2 is 1.89 bits per heavy atom. The van der Waals surface area contributed by atoms with Crippen molar-refractivity contribution < 1.29 is 4.74 Å². The van der Waals surface area contributed by atoms with E-state index in [2.05, 4.69) is 11.1 Å². The summed E-state index contributed by atoms with van der Waals surface area (Å²) in [6, 6.07) is 9.77. The fraction of sp³-hybridized carbons (Fsp3) is 0.286. The molecule has 4 nitrogen and oxygen atoms in total. The number of benzene rings is 1. The van der Waals surface area contributed by atoms with Gasteiger partial charge < -0.3 is 4.74 Å². The molecule has 1 aromatic carbocycles. The van der Waals surface area contributed by atoms with Crippen molar-refractivity contribution in [2.45, 2.75) is 25.7 Å². The van der Waals surface area contributed by atoms with Gasteiger partial charge in [-0.25, -0.2) is 4.98 Å². The molecule has 1 saturated carbocycles. The first-order valence-electron chi connectivity index (χ1n) is 9.21. The number of ether oxygens (including phenoxy) is 1. The third-order valence-corrected chi connectivity index (χ3v) is 6.57. The molecule has 0 spiro atoms. The molecule has 0 bridgehead atoms. The molecule has 1 fully saturated rings. The number of hydrogen-bond donors (Lipinski definition) is 0. The standard InChI is InChI=1S/C21H18ClN3OS/c22-15-6-3-7-16-17(15)18-19(27-16)21(26-12-13-4-1-2-5-13)25-20(24-18)14-8-10-23-11-9-14/h3,6-11,13H,1-2,4-5,12H2. The SMILES string of the molecule is Clc1cccc2sc3c(OCC4CCCC4)nc(-c4ccncc4)nc3c12. The highest BCUT2D eigenvalue weighted by Gasteiger charge is 2.20. The second kappa shape index (κ2) is 7.06. The lowest BCUT2D eigenvalue weighted by Crippen LogP contribution is -2.09. The van der Waals surface area contributed by atoms with E-state index in [-0.39, 0.29) is 0 Å². The van der Waals surface area contributed by atoms with Gasteiger partial charge in [0.2, 0.25) is 5.88 Å². The minimum Gasteiger partial charge on any atom is -0.476 e. The molecule has 0 N–H and O–H groups in total. The lowest BCUT2D eigenvalue weighted by molar-refractivity contribution is 0.247. The average Bonchev–Trinajstić information content (AvgIpc) is 3.35. The van der Waals surface area contributed by atoms with Crippen LogP contribution in [0.3, 0.4) is 0 Å². The van der Waals surface area contributed by atoms with Crippen LogP contribution in [0.5, 0.6) is 5.88 Å². The summed E-state index contributed by atoms with van der Waals surface area (Å²) in [6.07, 6.45) is 8.58. The Kier molecular flexibility index (Phi) is 4.42. The van der Waals surface area contributed by atoms with Crippen molar-refractivity contribution >= 4 is 43.2 Å². The van der Waals surface area contributed by atoms with E-state index in [9.17, 15) is 0 Å². The fourth-order valence-corrected chi connectivity index (χ4v) is 5.15. The molecule has 5 rings (SSSR count). The minimum absolute atomic E-state index is 0.623. The Morgan fingerprint density at radius 1 is 1.07 bits per heavy atom. The third kappa shape index (κ3) is 3.15. The van der Waals surface area contributed by atoms with E-state index in [1.165, 1.54) is 25.7 Å². The summed E-state index contributed by atoms with van der Waals surface area (Å²) < 4.78 is 8.30. The number of thiophene rings is 1. The number of pyridine rings is 1. The molecule has 0 saturated heterocycles. The van der Waals surface area contributed by atoms with Gasteiger partial charge >= 0.3 is 0 Å². The summed E-state index contributed by atoms with van der Waals surface area (Å²) in [5.74, 6) is 1.93. The van der Waals surface area contributed by atoms with Crippen molar-refractivity contribution in [2.24, 2.45) is 5.92 Å². The molecule has 27 heavy (non-hydrogen) atoms. The molecule has 6 heteroatoms. The van der Waals surface area contributed by atoms with Crippen LogP contribution in [-0.4, -0.2) is 21.6 Å². The topological polar surface area (TPSA) is 47.9 Å². The summed E-state index contributed by atoms with van der Waals surface area (Å²) in [5, 5.41) is 1.68. The molecular weight excluding hydrogens is 378 g/mol. The van der Waals surface area contributed by atoms with Gasteiger partial charge in [-0.05, 0) is 43.0 Å². The Balaban J connectivity index is 1.68. The summed E-state index contributed by atoms with van der Waals surface area (Å²) in [5.41, 5.74) is 1.79. The third-order valence-electron chi connectivity index (χ3n) is 5.13. The first kappa shape index (κ1) is 16.9. The van der Waals surface area contributed by atoms with Crippen molar-refractivity contribution in [1.29, 1.82) is 0 Å². The van der Waals surface area contributed by atoms with Crippen molar-refractivity contribution in [3.63, 3.8) is 0 Å². The predicted molar refractivity (Wildman–Crippen MR) is 111 cm³/mol. The van der Waals surface area contributed by atoms with E-state index in [0.29, 0.717) is 29.3 Å². The van der Waals surface area contributed by atoms with Crippen molar-refractivity contribution in [2.75, 3.05) is 6.61 Å². The molecule has 0 radical (unpaired) electrons. The molecule has 136 valence electrons. The first-order chi connectivity index (χ1) is 13.3. The smallest absolute Gasteiger partial charge is 0.235 e. The Morgan fingerprint density at radius 3 is 2.70 bits per heavy atom. The number of halogens is 1. The quantitative estimate of drug-likeness (QED) is 0.417. The Bertz CT molecular complexity index is 1110. The van der Waals surface area contributed by atoms with Crippen molar-refractivity contribution in [3.8, 4) is 17.3 Å². The monoisotopic (exact) mass is 395 g/mol. The fourth-order valence-electron chi connectivity index (χ4n) is 3.72. The Labute approximate surface area is 166 Å².